The number of fused-ring (bicyclic) bond motifs is 1. The van der Waals surface area contributed by atoms with Gasteiger partial charge in [0.2, 0.25) is 0 Å². The van der Waals surface area contributed by atoms with Gasteiger partial charge in [0.1, 0.15) is 12.4 Å². The van der Waals surface area contributed by atoms with Gasteiger partial charge in [0, 0.05) is 49.9 Å². The Morgan fingerprint density at radius 1 is 1.36 bits per heavy atom. The molecule has 0 unspecified atom stereocenters. The van der Waals surface area contributed by atoms with E-state index < -0.39 is 0 Å². The molecule has 1 fully saturated rings. The fraction of sp³-hybridized carbons (Fsp3) is 0.438. The molecule has 0 atom stereocenters. The summed E-state index contributed by atoms with van der Waals surface area (Å²) in [7, 11) is 0. The summed E-state index contributed by atoms with van der Waals surface area (Å²) in [6.07, 6.45) is 1.85. The molecule has 2 aliphatic rings. The van der Waals surface area contributed by atoms with Crippen LogP contribution in [0.5, 0.6) is 5.75 Å². The SMILES string of the molecule is O=C(NCCN1CCNCC1)C1=Cc2cc(Cl)ccc2OC1. The normalized spacial score (nSPS) is 18.1. The number of rotatable bonds is 4. The van der Waals surface area contributed by atoms with Gasteiger partial charge in [0.25, 0.3) is 5.91 Å². The van der Waals surface area contributed by atoms with Gasteiger partial charge in [0.05, 0.1) is 5.57 Å². The maximum atomic E-state index is 12.2. The second-order valence-electron chi connectivity index (χ2n) is 5.49. The van der Waals surface area contributed by atoms with Gasteiger partial charge in [0.15, 0.2) is 0 Å². The monoisotopic (exact) mass is 321 g/mol. The van der Waals surface area contributed by atoms with Crippen LogP contribution in [0.4, 0.5) is 0 Å². The minimum Gasteiger partial charge on any atom is -0.488 e. The average Bonchev–Trinajstić information content (AvgIpc) is 2.55. The number of halogens is 1. The van der Waals surface area contributed by atoms with Gasteiger partial charge in [-0.3, -0.25) is 9.69 Å². The quantitative estimate of drug-likeness (QED) is 0.873. The molecule has 118 valence electrons. The zero-order valence-corrected chi connectivity index (χ0v) is 13.2. The van der Waals surface area contributed by atoms with Gasteiger partial charge in [-0.25, -0.2) is 0 Å². The molecular weight excluding hydrogens is 302 g/mol. The average molecular weight is 322 g/mol. The van der Waals surface area contributed by atoms with Crippen molar-refractivity contribution in [3.8, 4) is 5.75 Å². The van der Waals surface area contributed by atoms with Gasteiger partial charge >= 0.3 is 0 Å². The summed E-state index contributed by atoms with van der Waals surface area (Å²) in [5.41, 5.74) is 1.49. The van der Waals surface area contributed by atoms with Gasteiger partial charge in [-0.15, -0.1) is 0 Å². The van der Waals surface area contributed by atoms with Crippen LogP contribution in [0.25, 0.3) is 6.08 Å². The van der Waals surface area contributed by atoms with Gasteiger partial charge in [-0.1, -0.05) is 11.6 Å². The first-order valence-electron chi connectivity index (χ1n) is 7.56. The summed E-state index contributed by atoms with van der Waals surface area (Å²) in [5.74, 6) is 0.697. The van der Waals surface area contributed by atoms with E-state index in [1.165, 1.54) is 0 Å². The summed E-state index contributed by atoms with van der Waals surface area (Å²) in [6.45, 7) is 5.94. The van der Waals surface area contributed by atoms with E-state index in [9.17, 15) is 4.79 Å². The molecule has 1 aromatic rings. The van der Waals surface area contributed by atoms with Gasteiger partial charge < -0.3 is 15.4 Å². The highest BCUT2D eigenvalue weighted by molar-refractivity contribution is 6.30. The Labute approximate surface area is 135 Å². The van der Waals surface area contributed by atoms with Crippen LogP contribution in [0.15, 0.2) is 23.8 Å². The Morgan fingerprint density at radius 2 is 2.18 bits per heavy atom. The van der Waals surface area contributed by atoms with Crippen molar-refractivity contribution in [2.45, 2.75) is 0 Å². The van der Waals surface area contributed by atoms with Crippen LogP contribution >= 0.6 is 11.6 Å². The Balaban J connectivity index is 1.54. The number of benzene rings is 1. The molecule has 1 amide bonds. The van der Waals surface area contributed by atoms with Crippen LogP contribution in [0.1, 0.15) is 5.56 Å². The minimum atomic E-state index is -0.0687. The first kappa shape index (κ1) is 15.3. The van der Waals surface area contributed by atoms with E-state index in [1.54, 1.807) is 6.07 Å². The molecule has 5 nitrogen and oxygen atoms in total. The summed E-state index contributed by atoms with van der Waals surface area (Å²) < 4.78 is 5.60. The van der Waals surface area contributed by atoms with Crippen molar-refractivity contribution in [3.63, 3.8) is 0 Å². The van der Waals surface area contributed by atoms with E-state index in [0.717, 1.165) is 44.0 Å². The minimum absolute atomic E-state index is 0.0687. The molecule has 0 radical (unpaired) electrons. The molecule has 6 heteroatoms. The van der Waals surface area contributed by atoms with Crippen LogP contribution in [0.2, 0.25) is 5.02 Å². The predicted octanol–water partition coefficient (Wildman–Crippen LogP) is 1.14. The van der Waals surface area contributed by atoms with Gasteiger partial charge in [-0.2, -0.15) is 0 Å². The maximum Gasteiger partial charge on any atom is 0.250 e. The maximum absolute atomic E-state index is 12.2. The van der Waals surface area contributed by atoms with Crippen molar-refractivity contribution < 1.29 is 9.53 Å². The summed E-state index contributed by atoms with van der Waals surface area (Å²) in [4.78, 5) is 14.6. The molecule has 2 aliphatic heterocycles. The number of ether oxygens (including phenoxy) is 1. The van der Waals surface area contributed by atoms with Crippen LogP contribution in [-0.4, -0.2) is 56.7 Å². The zero-order chi connectivity index (χ0) is 15.4. The standard InChI is InChI=1S/C16H20ClN3O2/c17-14-1-2-15-12(10-14)9-13(11-22-15)16(21)19-5-8-20-6-3-18-4-7-20/h1-2,9-10,18H,3-8,11H2,(H,19,21). The molecule has 0 spiro atoms. The van der Waals surface area contributed by atoms with Gasteiger partial charge in [-0.05, 0) is 24.3 Å². The highest BCUT2D eigenvalue weighted by atomic mass is 35.5. The lowest BCUT2D eigenvalue weighted by Gasteiger charge is -2.27. The molecule has 1 saturated heterocycles. The van der Waals surface area contributed by atoms with Crippen molar-refractivity contribution in [3.05, 3.63) is 34.4 Å². The molecular formula is C16H20ClN3O2. The lowest BCUT2D eigenvalue weighted by molar-refractivity contribution is -0.117. The fourth-order valence-corrected chi connectivity index (χ4v) is 2.84. The zero-order valence-electron chi connectivity index (χ0n) is 12.4. The highest BCUT2D eigenvalue weighted by Crippen LogP contribution is 2.28. The number of carbonyl (C=O) groups is 1. The van der Waals surface area contributed by atoms with Crippen molar-refractivity contribution in [2.24, 2.45) is 0 Å². The summed E-state index contributed by atoms with van der Waals surface area (Å²) >= 11 is 5.98. The van der Waals surface area contributed by atoms with Crippen LogP contribution < -0.4 is 15.4 Å². The first-order chi connectivity index (χ1) is 10.7. The summed E-state index contributed by atoms with van der Waals surface area (Å²) in [5, 5.41) is 6.91. The lowest BCUT2D eigenvalue weighted by atomic mass is 10.1. The molecule has 22 heavy (non-hydrogen) atoms. The number of piperazine rings is 1. The van der Waals surface area contributed by atoms with Crippen LogP contribution in [0, 0.1) is 0 Å². The molecule has 0 bridgehead atoms. The number of hydrogen-bond donors (Lipinski definition) is 2. The number of nitrogens with one attached hydrogen (secondary N) is 2. The van der Waals surface area contributed by atoms with E-state index in [0.29, 0.717) is 23.7 Å². The van der Waals surface area contributed by atoms with Crippen molar-refractivity contribution in [1.82, 2.24) is 15.5 Å². The largest absolute Gasteiger partial charge is 0.488 e. The molecule has 1 aromatic carbocycles. The molecule has 0 aromatic heterocycles. The van der Waals surface area contributed by atoms with E-state index in [4.69, 9.17) is 16.3 Å². The van der Waals surface area contributed by atoms with E-state index in [2.05, 4.69) is 15.5 Å². The smallest absolute Gasteiger partial charge is 0.250 e. The Morgan fingerprint density at radius 3 is 3.00 bits per heavy atom. The Hall–Kier alpha value is -1.56. The Bertz CT molecular complexity index is 583. The van der Waals surface area contributed by atoms with E-state index in [1.807, 2.05) is 18.2 Å². The molecule has 2 N–H and O–H groups in total. The molecule has 3 rings (SSSR count). The third-order valence-corrected chi connectivity index (χ3v) is 4.13. The highest BCUT2D eigenvalue weighted by Gasteiger charge is 2.17. The molecule has 2 heterocycles. The predicted molar refractivity (Wildman–Crippen MR) is 87.2 cm³/mol. The molecule has 0 aliphatic carbocycles. The third-order valence-electron chi connectivity index (χ3n) is 3.90. The van der Waals surface area contributed by atoms with Crippen molar-refractivity contribution in [1.29, 1.82) is 0 Å². The number of hydrogen-bond acceptors (Lipinski definition) is 4. The number of amides is 1. The first-order valence-corrected chi connectivity index (χ1v) is 7.94. The number of carbonyl (C=O) groups excluding carboxylic acids is 1. The second kappa shape index (κ2) is 7.13. The molecule has 0 saturated carbocycles. The lowest BCUT2D eigenvalue weighted by Crippen LogP contribution is -2.46. The Kier molecular flexibility index (Phi) is 4.97. The van der Waals surface area contributed by atoms with Crippen LogP contribution in [-0.2, 0) is 4.79 Å². The van der Waals surface area contributed by atoms with Crippen molar-refractivity contribution in [2.75, 3.05) is 45.9 Å². The summed E-state index contributed by atoms with van der Waals surface area (Å²) in [6, 6.07) is 5.42. The fourth-order valence-electron chi connectivity index (χ4n) is 2.66. The van der Waals surface area contributed by atoms with E-state index >= 15 is 0 Å². The third kappa shape index (κ3) is 3.80. The topological polar surface area (TPSA) is 53.6 Å². The number of nitrogens with zero attached hydrogens (tertiary/aromatic N) is 1. The van der Waals surface area contributed by atoms with Crippen molar-refractivity contribution >= 4 is 23.6 Å². The van der Waals surface area contributed by atoms with Crippen LogP contribution in [0.3, 0.4) is 0 Å². The second-order valence-corrected chi connectivity index (χ2v) is 5.92. The van der Waals surface area contributed by atoms with E-state index in [-0.39, 0.29) is 5.91 Å².